The summed E-state index contributed by atoms with van der Waals surface area (Å²) in [7, 11) is 5.26. The van der Waals surface area contributed by atoms with Crippen molar-refractivity contribution in [1.29, 1.82) is 0 Å². The van der Waals surface area contributed by atoms with E-state index in [1.807, 2.05) is 43.3 Å². The molecule has 0 bridgehead atoms. The number of ether oxygens (including phenoxy) is 1. The van der Waals surface area contributed by atoms with Crippen molar-refractivity contribution in [2.24, 2.45) is 0 Å². The maximum Gasteiger partial charge on any atom is 0.324 e. The smallest absolute Gasteiger partial charge is 0.324 e. The van der Waals surface area contributed by atoms with Crippen molar-refractivity contribution in [2.45, 2.75) is 6.04 Å². The number of carbonyl (C=O) groups is 2. The molecular formula is C15H21N3O3. The minimum absolute atomic E-state index is 0.0595. The molecule has 1 saturated heterocycles. The van der Waals surface area contributed by atoms with E-state index in [9.17, 15) is 9.59 Å². The fourth-order valence-electron chi connectivity index (χ4n) is 2.32. The van der Waals surface area contributed by atoms with Crippen LogP contribution in [0.1, 0.15) is 10.4 Å². The number of methoxy groups -OCH3 is 1. The van der Waals surface area contributed by atoms with Gasteiger partial charge in [-0.3, -0.25) is 9.59 Å². The van der Waals surface area contributed by atoms with E-state index in [1.54, 1.807) is 4.90 Å². The number of amides is 1. The van der Waals surface area contributed by atoms with Gasteiger partial charge in [-0.25, -0.2) is 0 Å². The van der Waals surface area contributed by atoms with Crippen LogP contribution in [0.2, 0.25) is 0 Å². The van der Waals surface area contributed by atoms with Crippen LogP contribution in [0.4, 0.5) is 5.69 Å². The van der Waals surface area contributed by atoms with Crippen molar-refractivity contribution in [3.05, 3.63) is 29.8 Å². The van der Waals surface area contributed by atoms with Crippen LogP contribution in [0.15, 0.2) is 24.3 Å². The molecule has 1 fully saturated rings. The number of nitrogens with one attached hydrogen (secondary N) is 1. The molecule has 0 radical (unpaired) electrons. The summed E-state index contributed by atoms with van der Waals surface area (Å²) in [5.41, 5.74) is 1.67. The van der Waals surface area contributed by atoms with Gasteiger partial charge in [0.15, 0.2) is 0 Å². The summed E-state index contributed by atoms with van der Waals surface area (Å²) in [5.74, 6) is -0.397. The molecule has 0 spiro atoms. The molecule has 0 aromatic heterocycles. The summed E-state index contributed by atoms with van der Waals surface area (Å²) >= 11 is 0. The van der Waals surface area contributed by atoms with Crippen LogP contribution in [-0.4, -0.2) is 63.7 Å². The maximum absolute atomic E-state index is 12.5. The lowest BCUT2D eigenvalue weighted by Gasteiger charge is -2.32. The number of hydrogen-bond acceptors (Lipinski definition) is 5. The van der Waals surface area contributed by atoms with Gasteiger partial charge < -0.3 is 19.9 Å². The molecule has 1 aliphatic rings. The van der Waals surface area contributed by atoms with Crippen molar-refractivity contribution in [3.8, 4) is 0 Å². The van der Waals surface area contributed by atoms with Gasteiger partial charge in [0.1, 0.15) is 6.04 Å². The lowest BCUT2D eigenvalue weighted by molar-refractivity contribution is -0.144. The van der Waals surface area contributed by atoms with E-state index in [0.29, 0.717) is 25.2 Å². The van der Waals surface area contributed by atoms with Gasteiger partial charge in [0, 0.05) is 45.0 Å². The van der Waals surface area contributed by atoms with Crippen LogP contribution in [0, 0.1) is 0 Å². The summed E-state index contributed by atoms with van der Waals surface area (Å²) in [6.07, 6.45) is 0. The summed E-state index contributed by atoms with van der Waals surface area (Å²) in [4.78, 5) is 27.7. The van der Waals surface area contributed by atoms with Crippen LogP contribution in [0.25, 0.3) is 0 Å². The zero-order valence-electron chi connectivity index (χ0n) is 12.6. The minimum atomic E-state index is -0.450. The third-order valence-electron chi connectivity index (χ3n) is 3.58. The van der Waals surface area contributed by atoms with Crippen molar-refractivity contribution in [3.63, 3.8) is 0 Å². The second-order valence-corrected chi connectivity index (χ2v) is 5.22. The molecule has 1 N–H and O–H groups in total. The molecule has 0 aliphatic carbocycles. The Balaban J connectivity index is 2.06. The number of carbonyl (C=O) groups excluding carboxylic acids is 2. The van der Waals surface area contributed by atoms with Crippen molar-refractivity contribution < 1.29 is 14.3 Å². The highest BCUT2D eigenvalue weighted by atomic mass is 16.5. The highest BCUT2D eigenvalue weighted by molar-refractivity contribution is 5.95. The molecule has 2 rings (SSSR count). The molecule has 1 atom stereocenters. The maximum atomic E-state index is 12.5. The van der Waals surface area contributed by atoms with Crippen molar-refractivity contribution >= 4 is 17.6 Å². The Labute approximate surface area is 124 Å². The second kappa shape index (κ2) is 6.58. The molecule has 1 aliphatic heterocycles. The molecule has 6 nitrogen and oxygen atoms in total. The summed E-state index contributed by atoms with van der Waals surface area (Å²) in [6, 6.07) is 6.99. The number of anilines is 1. The van der Waals surface area contributed by atoms with E-state index in [4.69, 9.17) is 4.74 Å². The predicted octanol–water partition coefficient (Wildman–Crippen LogP) is 0.340. The van der Waals surface area contributed by atoms with Gasteiger partial charge >= 0.3 is 5.97 Å². The SMILES string of the molecule is COC(=O)[C@H]1CN(C(=O)c2ccc(N(C)C)cc2)CCN1. The van der Waals surface area contributed by atoms with Gasteiger partial charge in [-0.05, 0) is 24.3 Å². The molecule has 114 valence electrons. The van der Waals surface area contributed by atoms with Crippen LogP contribution in [0.5, 0.6) is 0 Å². The van der Waals surface area contributed by atoms with Crippen LogP contribution in [0.3, 0.4) is 0 Å². The largest absolute Gasteiger partial charge is 0.468 e. The Hall–Kier alpha value is -2.08. The average Bonchev–Trinajstić information content (AvgIpc) is 2.53. The first-order valence-electron chi connectivity index (χ1n) is 6.91. The molecular weight excluding hydrogens is 270 g/mol. The Bertz CT molecular complexity index is 513. The van der Waals surface area contributed by atoms with Crippen molar-refractivity contribution in [1.82, 2.24) is 10.2 Å². The number of rotatable bonds is 3. The normalized spacial score (nSPS) is 18.2. The number of nitrogens with zero attached hydrogens (tertiary/aromatic N) is 2. The summed E-state index contributed by atoms with van der Waals surface area (Å²) in [5, 5.41) is 3.06. The number of piperazine rings is 1. The Morgan fingerprint density at radius 2 is 1.95 bits per heavy atom. The zero-order valence-corrected chi connectivity index (χ0v) is 12.6. The lowest BCUT2D eigenvalue weighted by Crippen LogP contribution is -2.56. The van der Waals surface area contributed by atoms with Gasteiger partial charge in [-0.2, -0.15) is 0 Å². The molecule has 6 heteroatoms. The quantitative estimate of drug-likeness (QED) is 0.814. The number of hydrogen-bond donors (Lipinski definition) is 1. The summed E-state index contributed by atoms with van der Waals surface area (Å²) in [6.45, 7) is 1.50. The van der Waals surface area contributed by atoms with Gasteiger partial charge in [-0.15, -0.1) is 0 Å². The molecule has 21 heavy (non-hydrogen) atoms. The fourth-order valence-corrected chi connectivity index (χ4v) is 2.32. The zero-order chi connectivity index (χ0) is 15.4. The van der Waals surface area contributed by atoms with Gasteiger partial charge in [0.25, 0.3) is 5.91 Å². The molecule has 1 amide bonds. The van der Waals surface area contributed by atoms with E-state index in [2.05, 4.69) is 5.32 Å². The Morgan fingerprint density at radius 3 is 2.52 bits per heavy atom. The Kier molecular flexibility index (Phi) is 4.80. The summed E-state index contributed by atoms with van der Waals surface area (Å²) < 4.78 is 4.72. The molecule has 1 heterocycles. The first-order chi connectivity index (χ1) is 10.0. The Morgan fingerprint density at radius 1 is 1.29 bits per heavy atom. The third kappa shape index (κ3) is 3.52. The van der Waals surface area contributed by atoms with Crippen molar-refractivity contribution in [2.75, 3.05) is 45.7 Å². The van der Waals surface area contributed by atoms with E-state index in [0.717, 1.165) is 5.69 Å². The van der Waals surface area contributed by atoms with Crippen LogP contribution < -0.4 is 10.2 Å². The van der Waals surface area contributed by atoms with E-state index in [-0.39, 0.29) is 11.9 Å². The van der Waals surface area contributed by atoms with E-state index >= 15 is 0 Å². The fraction of sp³-hybridized carbons (Fsp3) is 0.467. The van der Waals surface area contributed by atoms with E-state index in [1.165, 1.54) is 7.11 Å². The highest BCUT2D eigenvalue weighted by Crippen LogP contribution is 2.14. The first kappa shape index (κ1) is 15.3. The predicted molar refractivity (Wildman–Crippen MR) is 80.5 cm³/mol. The molecule has 0 unspecified atom stereocenters. The second-order valence-electron chi connectivity index (χ2n) is 5.22. The van der Waals surface area contributed by atoms with Gasteiger partial charge in [0.05, 0.1) is 7.11 Å². The molecule has 1 aromatic rings. The average molecular weight is 291 g/mol. The van der Waals surface area contributed by atoms with Gasteiger partial charge in [-0.1, -0.05) is 0 Å². The molecule has 1 aromatic carbocycles. The van der Waals surface area contributed by atoms with Gasteiger partial charge in [0.2, 0.25) is 0 Å². The first-order valence-corrected chi connectivity index (χ1v) is 6.91. The lowest BCUT2D eigenvalue weighted by atomic mass is 10.1. The van der Waals surface area contributed by atoms with Crippen LogP contribution in [-0.2, 0) is 9.53 Å². The standard InChI is InChI=1S/C15H21N3O3/c1-17(2)12-6-4-11(5-7-12)14(19)18-9-8-16-13(10-18)15(20)21-3/h4-7,13,16H,8-10H2,1-3H3/t13-/m1/s1. The monoisotopic (exact) mass is 291 g/mol. The number of esters is 1. The number of benzene rings is 1. The highest BCUT2D eigenvalue weighted by Gasteiger charge is 2.29. The topological polar surface area (TPSA) is 61.9 Å². The van der Waals surface area contributed by atoms with Crippen LogP contribution >= 0.6 is 0 Å². The third-order valence-corrected chi connectivity index (χ3v) is 3.58. The molecule has 0 saturated carbocycles. The van der Waals surface area contributed by atoms with E-state index < -0.39 is 6.04 Å². The minimum Gasteiger partial charge on any atom is -0.468 e.